The van der Waals surface area contributed by atoms with Gasteiger partial charge in [-0.3, -0.25) is 4.79 Å². The maximum Gasteiger partial charge on any atom is 0.255 e. The maximum atomic E-state index is 13.2. The largest absolute Gasteiger partial charge is 0.496 e. The number of carbonyl (C=O) groups is 1. The number of nitrogen functional groups attached to an aromatic ring is 1. The van der Waals surface area contributed by atoms with Crippen LogP contribution in [0.3, 0.4) is 0 Å². The van der Waals surface area contributed by atoms with Crippen molar-refractivity contribution in [3.05, 3.63) is 52.8 Å². The number of hydrogen-bond acceptors (Lipinski definition) is 4. The predicted molar refractivity (Wildman–Crippen MR) is 95.9 cm³/mol. The summed E-state index contributed by atoms with van der Waals surface area (Å²) in [6.07, 6.45) is 0.331. The summed E-state index contributed by atoms with van der Waals surface area (Å²) in [5.41, 5.74) is 6.32. The van der Waals surface area contributed by atoms with Gasteiger partial charge in [0.15, 0.2) is 0 Å². The molecule has 5 nitrogen and oxygen atoms in total. The van der Waals surface area contributed by atoms with Gasteiger partial charge in [0.1, 0.15) is 23.4 Å². The van der Waals surface area contributed by atoms with Crippen molar-refractivity contribution in [2.75, 3.05) is 19.4 Å². The van der Waals surface area contributed by atoms with E-state index in [0.717, 1.165) is 0 Å². The van der Waals surface area contributed by atoms with Gasteiger partial charge in [0, 0.05) is 12.1 Å². The lowest BCUT2D eigenvalue weighted by molar-refractivity contribution is 0.0923. The third kappa shape index (κ3) is 5.00. The van der Waals surface area contributed by atoms with Gasteiger partial charge in [-0.2, -0.15) is 0 Å². The number of halogens is 2. The molecule has 2 aromatic rings. The molecule has 0 bridgehead atoms. The van der Waals surface area contributed by atoms with Gasteiger partial charge in [0.25, 0.3) is 5.91 Å². The SMILES string of the molecule is CCC(CNC(=O)c1cc(Cl)c(N)cc1OC)Oc1cccc(F)c1. The fourth-order valence-electron chi connectivity index (χ4n) is 2.22. The molecule has 3 N–H and O–H groups in total. The summed E-state index contributed by atoms with van der Waals surface area (Å²) in [5.74, 6) is 0.00499. The zero-order valence-electron chi connectivity index (χ0n) is 14.0. The second-order valence-electron chi connectivity index (χ2n) is 5.39. The monoisotopic (exact) mass is 366 g/mol. The molecule has 0 aliphatic carbocycles. The molecule has 0 saturated carbocycles. The standard InChI is InChI=1S/C18H20ClFN2O3/c1-3-12(25-13-6-4-5-11(20)7-13)10-22-18(23)14-8-15(19)16(21)9-17(14)24-2/h4-9,12H,3,10,21H2,1-2H3,(H,22,23). The summed E-state index contributed by atoms with van der Waals surface area (Å²) >= 11 is 5.98. The van der Waals surface area contributed by atoms with Crippen LogP contribution in [0.5, 0.6) is 11.5 Å². The highest BCUT2D eigenvalue weighted by Crippen LogP contribution is 2.28. The van der Waals surface area contributed by atoms with E-state index >= 15 is 0 Å². The van der Waals surface area contributed by atoms with Crippen molar-refractivity contribution in [2.24, 2.45) is 0 Å². The number of anilines is 1. The number of hydrogen-bond donors (Lipinski definition) is 2. The van der Waals surface area contributed by atoms with Crippen molar-refractivity contribution in [3.63, 3.8) is 0 Å². The van der Waals surface area contributed by atoms with Crippen LogP contribution in [0.25, 0.3) is 0 Å². The van der Waals surface area contributed by atoms with Crippen molar-refractivity contribution < 1.29 is 18.7 Å². The van der Waals surface area contributed by atoms with Crippen molar-refractivity contribution in [3.8, 4) is 11.5 Å². The molecule has 0 heterocycles. The Kier molecular flexibility index (Phi) is 6.47. The minimum Gasteiger partial charge on any atom is -0.496 e. The van der Waals surface area contributed by atoms with Gasteiger partial charge in [-0.1, -0.05) is 24.6 Å². The van der Waals surface area contributed by atoms with Gasteiger partial charge in [-0.25, -0.2) is 4.39 Å². The smallest absolute Gasteiger partial charge is 0.255 e. The molecule has 2 aromatic carbocycles. The number of nitrogens with two attached hydrogens (primary N) is 1. The van der Waals surface area contributed by atoms with E-state index in [1.165, 1.54) is 31.4 Å². The van der Waals surface area contributed by atoms with E-state index in [0.29, 0.717) is 23.6 Å². The van der Waals surface area contributed by atoms with Gasteiger partial charge in [0.2, 0.25) is 0 Å². The molecule has 7 heteroatoms. The lowest BCUT2D eigenvalue weighted by Gasteiger charge is -2.19. The quantitative estimate of drug-likeness (QED) is 0.733. The van der Waals surface area contributed by atoms with E-state index in [1.807, 2.05) is 6.92 Å². The van der Waals surface area contributed by atoms with Crippen LogP contribution in [0, 0.1) is 5.82 Å². The molecule has 0 spiro atoms. The summed E-state index contributed by atoms with van der Waals surface area (Å²) < 4.78 is 24.1. The molecule has 25 heavy (non-hydrogen) atoms. The van der Waals surface area contributed by atoms with Crippen molar-refractivity contribution in [2.45, 2.75) is 19.4 Å². The Labute approximate surface area is 150 Å². The van der Waals surface area contributed by atoms with Crippen LogP contribution in [0.4, 0.5) is 10.1 Å². The highest BCUT2D eigenvalue weighted by atomic mass is 35.5. The Hall–Kier alpha value is -2.47. The first-order valence-electron chi connectivity index (χ1n) is 7.78. The maximum absolute atomic E-state index is 13.2. The number of nitrogens with one attached hydrogen (secondary N) is 1. The third-order valence-corrected chi connectivity index (χ3v) is 3.94. The first-order valence-corrected chi connectivity index (χ1v) is 8.15. The molecule has 1 atom stereocenters. The fraction of sp³-hybridized carbons (Fsp3) is 0.278. The molecule has 0 radical (unpaired) electrons. The molecule has 0 fully saturated rings. The van der Waals surface area contributed by atoms with Gasteiger partial charge < -0.3 is 20.5 Å². The van der Waals surface area contributed by atoms with E-state index in [9.17, 15) is 9.18 Å². The zero-order valence-corrected chi connectivity index (χ0v) is 14.8. The highest BCUT2D eigenvalue weighted by Gasteiger charge is 2.17. The number of ether oxygens (including phenoxy) is 2. The molecule has 0 saturated heterocycles. The molecule has 0 aliphatic heterocycles. The number of rotatable bonds is 7. The Morgan fingerprint density at radius 3 is 2.76 bits per heavy atom. The van der Waals surface area contributed by atoms with Gasteiger partial charge in [-0.05, 0) is 24.6 Å². The van der Waals surface area contributed by atoms with Crippen LogP contribution in [-0.2, 0) is 0 Å². The molecule has 2 rings (SSSR count). The Bertz CT molecular complexity index is 755. The van der Waals surface area contributed by atoms with Gasteiger partial charge >= 0.3 is 0 Å². The Morgan fingerprint density at radius 1 is 1.36 bits per heavy atom. The van der Waals surface area contributed by atoms with Crippen LogP contribution in [0.2, 0.25) is 5.02 Å². The van der Waals surface area contributed by atoms with Crippen LogP contribution in [-0.4, -0.2) is 25.7 Å². The second-order valence-corrected chi connectivity index (χ2v) is 5.80. The van der Waals surface area contributed by atoms with E-state index < -0.39 is 0 Å². The number of methoxy groups -OCH3 is 1. The molecule has 134 valence electrons. The first-order chi connectivity index (χ1) is 11.9. The van der Waals surface area contributed by atoms with Crippen LogP contribution in [0.1, 0.15) is 23.7 Å². The summed E-state index contributed by atoms with van der Waals surface area (Å²) in [6, 6.07) is 8.82. The average molecular weight is 367 g/mol. The Morgan fingerprint density at radius 2 is 2.12 bits per heavy atom. The fourth-order valence-corrected chi connectivity index (χ4v) is 2.38. The second kappa shape index (κ2) is 8.58. The third-order valence-electron chi connectivity index (χ3n) is 3.61. The van der Waals surface area contributed by atoms with Gasteiger partial charge in [-0.15, -0.1) is 0 Å². The minimum atomic E-state index is -0.377. The molecular weight excluding hydrogens is 347 g/mol. The highest BCUT2D eigenvalue weighted by molar-refractivity contribution is 6.33. The summed E-state index contributed by atoms with van der Waals surface area (Å²) in [5, 5.41) is 3.04. The summed E-state index contributed by atoms with van der Waals surface area (Å²) in [7, 11) is 1.45. The van der Waals surface area contributed by atoms with E-state index in [1.54, 1.807) is 12.1 Å². The lowest BCUT2D eigenvalue weighted by Crippen LogP contribution is -2.35. The van der Waals surface area contributed by atoms with Gasteiger partial charge in [0.05, 0.1) is 29.9 Å². The Balaban J connectivity index is 2.04. The van der Waals surface area contributed by atoms with Crippen LogP contribution >= 0.6 is 11.6 Å². The number of carbonyl (C=O) groups excluding carboxylic acids is 1. The number of amides is 1. The van der Waals surface area contributed by atoms with Crippen molar-refractivity contribution in [1.29, 1.82) is 0 Å². The van der Waals surface area contributed by atoms with E-state index in [-0.39, 0.29) is 35.0 Å². The van der Waals surface area contributed by atoms with Crippen molar-refractivity contribution >= 4 is 23.2 Å². The van der Waals surface area contributed by atoms with E-state index in [4.69, 9.17) is 26.8 Å². The lowest BCUT2D eigenvalue weighted by atomic mass is 10.1. The summed E-state index contributed by atoms with van der Waals surface area (Å²) in [6.45, 7) is 2.16. The van der Waals surface area contributed by atoms with Crippen LogP contribution in [0.15, 0.2) is 36.4 Å². The summed E-state index contributed by atoms with van der Waals surface area (Å²) in [4.78, 5) is 12.4. The minimum absolute atomic E-state index is 0.247. The normalized spacial score (nSPS) is 11.7. The zero-order chi connectivity index (χ0) is 18.4. The van der Waals surface area contributed by atoms with Crippen LogP contribution < -0.4 is 20.5 Å². The molecular formula is C18H20ClFN2O3. The predicted octanol–water partition coefficient (Wildman–Crippen LogP) is 3.66. The van der Waals surface area contributed by atoms with E-state index in [2.05, 4.69) is 5.32 Å². The molecule has 0 aromatic heterocycles. The topological polar surface area (TPSA) is 73.6 Å². The molecule has 1 amide bonds. The first kappa shape index (κ1) is 18.9. The number of benzene rings is 2. The van der Waals surface area contributed by atoms with Crippen molar-refractivity contribution in [1.82, 2.24) is 5.32 Å². The molecule has 1 unspecified atom stereocenters. The molecule has 0 aliphatic rings. The average Bonchev–Trinajstić information content (AvgIpc) is 2.60.